The number of carbonyl (C=O) groups excluding carboxylic acids is 1. The lowest BCUT2D eigenvalue weighted by Crippen LogP contribution is -2.34. The second kappa shape index (κ2) is 6.26. The number of anilines is 2. The molecule has 5 nitrogen and oxygen atoms in total. The lowest BCUT2D eigenvalue weighted by atomic mass is 10.2. The van der Waals surface area contributed by atoms with E-state index in [9.17, 15) is 4.79 Å². The molecule has 0 aliphatic rings. The Bertz CT molecular complexity index is 419. The fraction of sp³-hybridized carbons (Fsp3) is 0.462. The number of ether oxygens (including phenoxy) is 1. The highest BCUT2D eigenvalue weighted by Crippen LogP contribution is 2.24. The van der Waals surface area contributed by atoms with Crippen LogP contribution >= 0.6 is 0 Å². The first kappa shape index (κ1) is 14.3. The Morgan fingerprint density at radius 3 is 2.72 bits per heavy atom. The Morgan fingerprint density at radius 1 is 1.50 bits per heavy atom. The number of benzene rings is 1. The minimum atomic E-state index is -0.0915. The van der Waals surface area contributed by atoms with Gasteiger partial charge in [-0.1, -0.05) is 0 Å². The Balaban J connectivity index is 2.69. The maximum atomic E-state index is 11.8. The number of hydrogen-bond donors (Lipinski definition) is 2. The summed E-state index contributed by atoms with van der Waals surface area (Å²) in [4.78, 5) is 13.8. The zero-order valence-electron chi connectivity index (χ0n) is 11.4. The van der Waals surface area contributed by atoms with Gasteiger partial charge in [0.1, 0.15) is 5.75 Å². The van der Waals surface area contributed by atoms with Gasteiger partial charge in [0.2, 0.25) is 5.91 Å². The number of nitrogens with zero attached hydrogens (tertiary/aromatic N) is 1. The van der Waals surface area contributed by atoms with Crippen LogP contribution in [0.1, 0.15) is 13.8 Å². The summed E-state index contributed by atoms with van der Waals surface area (Å²) >= 11 is 0. The lowest BCUT2D eigenvalue weighted by Gasteiger charge is -2.20. The van der Waals surface area contributed by atoms with Crippen molar-refractivity contribution in [3.63, 3.8) is 0 Å². The van der Waals surface area contributed by atoms with Gasteiger partial charge in [-0.25, -0.2) is 0 Å². The molecule has 0 spiro atoms. The van der Waals surface area contributed by atoms with Crippen LogP contribution in [0.2, 0.25) is 0 Å². The van der Waals surface area contributed by atoms with Crippen molar-refractivity contribution in [2.24, 2.45) is 0 Å². The zero-order chi connectivity index (χ0) is 13.7. The normalized spacial score (nSPS) is 10.8. The fourth-order valence-corrected chi connectivity index (χ4v) is 1.37. The molecule has 0 atom stereocenters. The average Bonchev–Trinajstić information content (AvgIpc) is 2.31. The van der Waals surface area contributed by atoms with E-state index in [1.54, 1.807) is 25.3 Å². The molecule has 0 saturated heterocycles. The molecule has 1 rings (SSSR count). The number of rotatable bonds is 5. The van der Waals surface area contributed by atoms with Gasteiger partial charge in [0.15, 0.2) is 0 Å². The molecule has 18 heavy (non-hydrogen) atoms. The first-order valence-corrected chi connectivity index (χ1v) is 5.87. The molecule has 0 fully saturated rings. The minimum absolute atomic E-state index is 0.0915. The molecule has 3 N–H and O–H groups in total. The van der Waals surface area contributed by atoms with Crippen LogP contribution in [0.25, 0.3) is 0 Å². The molecule has 0 aliphatic heterocycles. The van der Waals surface area contributed by atoms with Crippen molar-refractivity contribution in [2.75, 3.05) is 31.8 Å². The van der Waals surface area contributed by atoms with E-state index in [1.165, 1.54) is 0 Å². The summed E-state index contributed by atoms with van der Waals surface area (Å²) < 4.78 is 5.09. The Kier molecular flexibility index (Phi) is 4.97. The van der Waals surface area contributed by atoms with Crippen molar-refractivity contribution in [1.82, 2.24) is 4.90 Å². The molecule has 0 aliphatic carbocycles. The summed E-state index contributed by atoms with van der Waals surface area (Å²) in [6.07, 6.45) is 0. The number of likely N-dealkylation sites (N-methyl/N-ethyl adjacent to an activating group) is 1. The second-order valence-corrected chi connectivity index (χ2v) is 4.51. The van der Waals surface area contributed by atoms with Gasteiger partial charge in [0, 0.05) is 12.1 Å². The molecule has 1 aromatic rings. The highest BCUT2D eigenvalue weighted by Gasteiger charge is 2.11. The van der Waals surface area contributed by atoms with E-state index in [2.05, 4.69) is 5.32 Å². The van der Waals surface area contributed by atoms with Crippen LogP contribution in [0.3, 0.4) is 0 Å². The van der Waals surface area contributed by atoms with Gasteiger partial charge < -0.3 is 15.8 Å². The predicted molar refractivity (Wildman–Crippen MR) is 73.8 cm³/mol. The molecule has 0 radical (unpaired) electrons. The summed E-state index contributed by atoms with van der Waals surface area (Å²) in [5.41, 5.74) is 6.90. The largest absolute Gasteiger partial charge is 0.497 e. The smallest absolute Gasteiger partial charge is 0.238 e. The molecule has 1 aromatic carbocycles. The van der Waals surface area contributed by atoms with Gasteiger partial charge in [-0.15, -0.1) is 0 Å². The van der Waals surface area contributed by atoms with E-state index in [-0.39, 0.29) is 5.91 Å². The molecular weight excluding hydrogens is 230 g/mol. The van der Waals surface area contributed by atoms with Crippen molar-refractivity contribution in [3.05, 3.63) is 18.2 Å². The average molecular weight is 251 g/mol. The van der Waals surface area contributed by atoms with Crippen molar-refractivity contribution >= 4 is 17.3 Å². The third kappa shape index (κ3) is 3.92. The number of nitrogens with one attached hydrogen (secondary N) is 1. The molecule has 0 heterocycles. The van der Waals surface area contributed by atoms with Crippen LogP contribution in [-0.2, 0) is 4.79 Å². The maximum absolute atomic E-state index is 11.8. The first-order valence-electron chi connectivity index (χ1n) is 5.87. The van der Waals surface area contributed by atoms with Crippen molar-refractivity contribution < 1.29 is 9.53 Å². The van der Waals surface area contributed by atoms with E-state index in [1.807, 2.05) is 25.8 Å². The van der Waals surface area contributed by atoms with Crippen LogP contribution in [0.4, 0.5) is 11.4 Å². The Hall–Kier alpha value is -1.75. The van der Waals surface area contributed by atoms with Gasteiger partial charge in [-0.05, 0) is 33.0 Å². The van der Waals surface area contributed by atoms with E-state index in [4.69, 9.17) is 10.5 Å². The zero-order valence-corrected chi connectivity index (χ0v) is 11.4. The molecular formula is C13H21N3O2. The van der Waals surface area contributed by atoms with Gasteiger partial charge >= 0.3 is 0 Å². The van der Waals surface area contributed by atoms with Gasteiger partial charge in [-0.2, -0.15) is 0 Å². The number of carbonyl (C=O) groups is 1. The molecule has 0 saturated carbocycles. The van der Waals surface area contributed by atoms with Crippen LogP contribution in [-0.4, -0.2) is 37.6 Å². The quantitative estimate of drug-likeness (QED) is 0.779. The van der Waals surface area contributed by atoms with Crippen molar-refractivity contribution in [2.45, 2.75) is 19.9 Å². The predicted octanol–water partition coefficient (Wildman–Crippen LogP) is 1.56. The highest BCUT2D eigenvalue weighted by molar-refractivity contribution is 5.95. The van der Waals surface area contributed by atoms with Crippen LogP contribution < -0.4 is 15.8 Å². The number of nitrogen functional groups attached to an aromatic ring is 1. The number of nitrogens with two attached hydrogens (primary N) is 1. The van der Waals surface area contributed by atoms with E-state index < -0.39 is 0 Å². The number of hydrogen-bond acceptors (Lipinski definition) is 4. The van der Waals surface area contributed by atoms with Gasteiger partial charge in [0.05, 0.1) is 25.0 Å². The maximum Gasteiger partial charge on any atom is 0.238 e. The molecule has 0 bridgehead atoms. The first-order chi connectivity index (χ1) is 8.43. The monoisotopic (exact) mass is 251 g/mol. The van der Waals surface area contributed by atoms with E-state index in [0.717, 1.165) is 0 Å². The third-order valence-corrected chi connectivity index (χ3v) is 2.81. The summed E-state index contributed by atoms with van der Waals surface area (Å²) in [6.45, 7) is 4.40. The molecule has 5 heteroatoms. The summed E-state index contributed by atoms with van der Waals surface area (Å²) in [7, 11) is 3.48. The molecule has 0 aromatic heterocycles. The summed E-state index contributed by atoms with van der Waals surface area (Å²) in [6, 6.07) is 5.49. The van der Waals surface area contributed by atoms with Crippen molar-refractivity contribution in [3.8, 4) is 5.75 Å². The third-order valence-electron chi connectivity index (χ3n) is 2.81. The second-order valence-electron chi connectivity index (χ2n) is 4.51. The Labute approximate surface area is 108 Å². The van der Waals surface area contributed by atoms with Crippen LogP contribution in [0, 0.1) is 0 Å². The fourth-order valence-electron chi connectivity index (χ4n) is 1.37. The van der Waals surface area contributed by atoms with Crippen molar-refractivity contribution in [1.29, 1.82) is 0 Å². The standard InChI is InChI=1S/C13H21N3O2/c1-9(2)16(3)8-13(17)15-12-7-10(18-4)5-6-11(12)14/h5-7,9H,8,14H2,1-4H3,(H,15,17). The SMILES string of the molecule is COc1ccc(N)c(NC(=O)CN(C)C(C)C)c1. The topological polar surface area (TPSA) is 67.6 Å². The number of methoxy groups -OCH3 is 1. The van der Waals surface area contributed by atoms with E-state index >= 15 is 0 Å². The molecule has 100 valence electrons. The van der Waals surface area contributed by atoms with Crippen LogP contribution in [0.5, 0.6) is 5.75 Å². The van der Waals surface area contributed by atoms with E-state index in [0.29, 0.717) is 29.7 Å². The molecule has 0 unspecified atom stereocenters. The summed E-state index contributed by atoms with van der Waals surface area (Å²) in [5.74, 6) is 0.572. The summed E-state index contributed by atoms with van der Waals surface area (Å²) in [5, 5.41) is 2.79. The molecule has 1 amide bonds. The number of amides is 1. The highest BCUT2D eigenvalue weighted by atomic mass is 16.5. The minimum Gasteiger partial charge on any atom is -0.497 e. The Morgan fingerprint density at radius 2 is 2.17 bits per heavy atom. The van der Waals surface area contributed by atoms with Crippen LogP contribution in [0.15, 0.2) is 18.2 Å². The lowest BCUT2D eigenvalue weighted by molar-refractivity contribution is -0.117. The van der Waals surface area contributed by atoms with Gasteiger partial charge in [-0.3, -0.25) is 9.69 Å². The van der Waals surface area contributed by atoms with Gasteiger partial charge in [0.25, 0.3) is 0 Å².